The summed E-state index contributed by atoms with van der Waals surface area (Å²) in [5.74, 6) is 0.400. The van der Waals surface area contributed by atoms with Crippen molar-refractivity contribution in [1.29, 1.82) is 5.26 Å². The fourth-order valence-electron chi connectivity index (χ4n) is 2.15. The number of carbonyl (C=O) groups is 1. The summed E-state index contributed by atoms with van der Waals surface area (Å²) in [5.41, 5.74) is 0.815. The molecule has 0 unspecified atom stereocenters. The summed E-state index contributed by atoms with van der Waals surface area (Å²) >= 11 is 12.0. The van der Waals surface area contributed by atoms with Gasteiger partial charge in [-0.05, 0) is 35.9 Å². The second-order valence-electron chi connectivity index (χ2n) is 5.24. The van der Waals surface area contributed by atoms with Gasteiger partial charge >= 0.3 is 0 Å². The Morgan fingerprint density at radius 1 is 1.30 bits per heavy atom. The third-order valence-corrected chi connectivity index (χ3v) is 4.24. The van der Waals surface area contributed by atoms with Crippen molar-refractivity contribution in [2.45, 2.75) is 0 Å². The predicted octanol–water partition coefficient (Wildman–Crippen LogP) is 5.11. The van der Waals surface area contributed by atoms with Gasteiger partial charge in [0.2, 0.25) is 0 Å². The van der Waals surface area contributed by atoms with Crippen molar-refractivity contribution in [1.82, 2.24) is 0 Å². The van der Waals surface area contributed by atoms with Gasteiger partial charge in [-0.2, -0.15) is 5.26 Å². The summed E-state index contributed by atoms with van der Waals surface area (Å²) in [5, 5.41) is 12.4. The lowest BCUT2D eigenvalue weighted by molar-refractivity contribution is -0.112. The molecule has 0 aliphatic heterocycles. The van der Waals surface area contributed by atoms with Crippen LogP contribution in [0, 0.1) is 11.3 Å². The molecule has 0 aliphatic rings. The van der Waals surface area contributed by atoms with Crippen LogP contribution in [-0.4, -0.2) is 19.6 Å². The van der Waals surface area contributed by atoms with Crippen LogP contribution in [0.3, 0.4) is 0 Å². The van der Waals surface area contributed by atoms with E-state index in [9.17, 15) is 10.1 Å². The monoisotopic (exact) mass is 402 g/mol. The van der Waals surface area contributed by atoms with Crippen molar-refractivity contribution >= 4 is 40.9 Å². The van der Waals surface area contributed by atoms with Crippen molar-refractivity contribution in [3.63, 3.8) is 0 Å². The smallest absolute Gasteiger partial charge is 0.266 e. The zero-order chi connectivity index (χ0) is 19.8. The van der Waals surface area contributed by atoms with Crippen LogP contribution in [-0.2, 0) is 4.79 Å². The zero-order valence-electron chi connectivity index (χ0n) is 14.5. The SMILES string of the molecule is C=CCOc1ccc(/C=C(\C#N)C(=O)Nc2cccc(Cl)c2Cl)cc1OC. The predicted molar refractivity (Wildman–Crippen MR) is 107 cm³/mol. The van der Waals surface area contributed by atoms with Crippen LogP contribution in [0.2, 0.25) is 10.0 Å². The Hall–Kier alpha value is -2.94. The van der Waals surface area contributed by atoms with E-state index < -0.39 is 5.91 Å². The van der Waals surface area contributed by atoms with E-state index in [0.29, 0.717) is 34.4 Å². The first kappa shape index (κ1) is 20.4. The number of nitrogens with one attached hydrogen (secondary N) is 1. The molecule has 0 radical (unpaired) electrons. The number of anilines is 1. The van der Waals surface area contributed by atoms with Crippen molar-refractivity contribution in [2.75, 3.05) is 19.0 Å². The molecule has 0 spiro atoms. The molecule has 0 bridgehead atoms. The van der Waals surface area contributed by atoms with Crippen LogP contribution >= 0.6 is 23.2 Å². The highest BCUT2D eigenvalue weighted by atomic mass is 35.5. The van der Waals surface area contributed by atoms with E-state index in [1.165, 1.54) is 13.2 Å². The average Bonchev–Trinajstić information content (AvgIpc) is 2.68. The molecule has 138 valence electrons. The van der Waals surface area contributed by atoms with Gasteiger partial charge in [0.05, 0.1) is 22.8 Å². The molecular formula is C20H16Cl2N2O3. The maximum Gasteiger partial charge on any atom is 0.266 e. The largest absolute Gasteiger partial charge is 0.493 e. The lowest BCUT2D eigenvalue weighted by atomic mass is 10.1. The van der Waals surface area contributed by atoms with Crippen molar-refractivity contribution in [2.24, 2.45) is 0 Å². The maximum atomic E-state index is 12.4. The fraction of sp³-hybridized carbons (Fsp3) is 0.100. The second-order valence-corrected chi connectivity index (χ2v) is 6.02. The molecule has 0 saturated carbocycles. The van der Waals surface area contributed by atoms with E-state index in [1.54, 1.807) is 42.5 Å². The van der Waals surface area contributed by atoms with Gasteiger partial charge in [-0.15, -0.1) is 0 Å². The minimum Gasteiger partial charge on any atom is -0.493 e. The molecule has 27 heavy (non-hydrogen) atoms. The highest BCUT2D eigenvalue weighted by Crippen LogP contribution is 2.31. The van der Waals surface area contributed by atoms with Gasteiger partial charge in [-0.3, -0.25) is 4.79 Å². The summed E-state index contributed by atoms with van der Waals surface area (Å²) in [6, 6.07) is 11.8. The molecule has 0 heterocycles. The molecule has 0 saturated heterocycles. The Morgan fingerprint density at radius 2 is 2.07 bits per heavy atom. The minimum atomic E-state index is -0.604. The third-order valence-electron chi connectivity index (χ3n) is 3.42. The van der Waals surface area contributed by atoms with Crippen LogP contribution in [0.5, 0.6) is 11.5 Å². The highest BCUT2D eigenvalue weighted by molar-refractivity contribution is 6.44. The standard InChI is InChI=1S/C20H16Cl2N2O3/c1-3-9-27-17-8-7-13(11-18(17)26-2)10-14(12-23)20(25)24-16-6-4-5-15(21)19(16)22/h3-8,10-11H,1,9H2,2H3,(H,24,25)/b14-10+. The quantitative estimate of drug-likeness (QED) is 0.396. The van der Waals surface area contributed by atoms with Gasteiger partial charge in [0.15, 0.2) is 11.5 Å². The summed E-state index contributed by atoms with van der Waals surface area (Å²) in [6.45, 7) is 3.92. The maximum absolute atomic E-state index is 12.4. The number of nitrogens with zero attached hydrogens (tertiary/aromatic N) is 1. The first-order chi connectivity index (χ1) is 13.0. The Morgan fingerprint density at radius 3 is 2.74 bits per heavy atom. The number of carbonyl (C=O) groups excluding carboxylic acids is 1. The van der Waals surface area contributed by atoms with Gasteiger partial charge < -0.3 is 14.8 Å². The second kappa shape index (κ2) is 9.67. The number of halogens is 2. The summed E-state index contributed by atoms with van der Waals surface area (Å²) in [7, 11) is 1.50. The van der Waals surface area contributed by atoms with E-state index in [2.05, 4.69) is 11.9 Å². The molecule has 1 amide bonds. The lowest BCUT2D eigenvalue weighted by Gasteiger charge is -2.10. The Kier molecular flexibility index (Phi) is 7.30. The minimum absolute atomic E-state index is 0.104. The number of hydrogen-bond acceptors (Lipinski definition) is 4. The van der Waals surface area contributed by atoms with Crippen molar-refractivity contribution in [3.05, 3.63) is 70.2 Å². The molecule has 2 rings (SSSR count). The number of benzene rings is 2. The van der Waals surface area contributed by atoms with E-state index >= 15 is 0 Å². The third kappa shape index (κ3) is 5.27. The van der Waals surface area contributed by atoms with Crippen LogP contribution in [0.1, 0.15) is 5.56 Å². The van der Waals surface area contributed by atoms with Crippen molar-refractivity contribution < 1.29 is 14.3 Å². The number of nitriles is 1. The molecule has 2 aromatic carbocycles. The topological polar surface area (TPSA) is 71.3 Å². The summed E-state index contributed by atoms with van der Waals surface area (Å²) in [6.07, 6.45) is 3.06. The molecule has 1 N–H and O–H groups in total. The highest BCUT2D eigenvalue weighted by Gasteiger charge is 2.13. The number of rotatable bonds is 7. The molecule has 0 fully saturated rings. The van der Waals surface area contributed by atoms with Gasteiger partial charge in [-0.25, -0.2) is 0 Å². The van der Waals surface area contributed by atoms with E-state index in [4.69, 9.17) is 32.7 Å². The zero-order valence-corrected chi connectivity index (χ0v) is 16.0. The van der Waals surface area contributed by atoms with Gasteiger partial charge in [0.25, 0.3) is 5.91 Å². The van der Waals surface area contributed by atoms with Crippen molar-refractivity contribution in [3.8, 4) is 17.6 Å². The average molecular weight is 403 g/mol. The number of amides is 1. The summed E-state index contributed by atoms with van der Waals surface area (Å²) < 4.78 is 10.8. The van der Waals surface area contributed by atoms with Crippen LogP contribution in [0.4, 0.5) is 5.69 Å². The molecule has 7 heteroatoms. The Bertz CT molecular complexity index is 933. The van der Waals surface area contributed by atoms with Crippen LogP contribution < -0.4 is 14.8 Å². The number of hydrogen-bond donors (Lipinski definition) is 1. The molecule has 5 nitrogen and oxygen atoms in total. The summed E-state index contributed by atoms with van der Waals surface area (Å²) in [4.78, 5) is 12.4. The van der Waals surface area contributed by atoms with Gasteiger partial charge in [-0.1, -0.05) is 48.0 Å². The molecule has 2 aromatic rings. The molecule has 0 aliphatic carbocycles. The van der Waals surface area contributed by atoms with E-state index in [-0.39, 0.29) is 10.6 Å². The normalized spacial score (nSPS) is 10.7. The molecule has 0 aromatic heterocycles. The lowest BCUT2D eigenvalue weighted by Crippen LogP contribution is -2.13. The van der Waals surface area contributed by atoms with Gasteiger partial charge in [0, 0.05) is 0 Å². The van der Waals surface area contributed by atoms with Crippen LogP contribution in [0.15, 0.2) is 54.6 Å². The molecular weight excluding hydrogens is 387 g/mol. The Balaban J connectivity index is 2.27. The van der Waals surface area contributed by atoms with E-state index in [1.807, 2.05) is 6.07 Å². The van der Waals surface area contributed by atoms with Crippen LogP contribution in [0.25, 0.3) is 6.08 Å². The van der Waals surface area contributed by atoms with Gasteiger partial charge in [0.1, 0.15) is 18.2 Å². The number of methoxy groups -OCH3 is 1. The fourth-order valence-corrected chi connectivity index (χ4v) is 2.49. The Labute approximate surface area is 167 Å². The first-order valence-corrected chi connectivity index (χ1v) is 8.54. The van der Waals surface area contributed by atoms with E-state index in [0.717, 1.165) is 0 Å². The first-order valence-electron chi connectivity index (χ1n) is 7.79. The number of ether oxygens (including phenoxy) is 2. The molecule has 0 atom stereocenters.